The van der Waals surface area contributed by atoms with E-state index in [9.17, 15) is 9.90 Å². The molecule has 3 atom stereocenters. The largest absolute Gasteiger partial charge is 0.490 e. The number of nitrogens with one attached hydrogen (secondary N) is 1. The molecule has 1 aromatic carbocycles. The Labute approximate surface area is 138 Å². The molecule has 0 amide bonds. The number of esters is 1. The number of aliphatic hydroxyl groups is 1. The number of piperidine rings is 1. The minimum atomic E-state index is -0.537. The van der Waals surface area contributed by atoms with Gasteiger partial charge in [-0.05, 0) is 38.3 Å². The summed E-state index contributed by atoms with van der Waals surface area (Å²) in [6.45, 7) is 6.84. The number of aliphatic hydroxyl groups excluding tert-OH is 1. The van der Waals surface area contributed by atoms with Crippen molar-refractivity contribution in [2.75, 3.05) is 32.8 Å². The summed E-state index contributed by atoms with van der Waals surface area (Å²) in [5.74, 6) is 0.670. The second-order valence-electron chi connectivity index (χ2n) is 6.23. The van der Waals surface area contributed by atoms with E-state index in [0.29, 0.717) is 13.2 Å². The van der Waals surface area contributed by atoms with Crippen LogP contribution < -0.4 is 9.64 Å². The Balaban J connectivity index is 1.77. The summed E-state index contributed by atoms with van der Waals surface area (Å²) < 4.78 is 10.8. The standard InChI is InChI=1S/C18H27NO4/c1-3-22-18(21)15-8-6-10-19(11-15)12-16(20)13-23-17-9-5-4-7-14(17)2/h4-5,7,9,15-16,20H,3,6,8,10-13H2,1-2H3/p+1/t15-,16-/m0/s1. The van der Waals surface area contributed by atoms with Crippen LogP contribution in [0.5, 0.6) is 5.75 Å². The van der Waals surface area contributed by atoms with Crippen molar-refractivity contribution in [3.05, 3.63) is 29.8 Å². The molecule has 0 bridgehead atoms. The number of carbonyl (C=O) groups is 1. The Kier molecular flexibility index (Phi) is 6.86. The first-order chi connectivity index (χ1) is 11.1. The molecule has 1 fully saturated rings. The van der Waals surface area contributed by atoms with Crippen LogP contribution in [0.15, 0.2) is 24.3 Å². The molecule has 23 heavy (non-hydrogen) atoms. The zero-order valence-electron chi connectivity index (χ0n) is 14.1. The van der Waals surface area contributed by atoms with Gasteiger partial charge in [0.05, 0.1) is 19.7 Å². The van der Waals surface area contributed by atoms with Crippen LogP contribution in [0.25, 0.3) is 0 Å². The van der Waals surface area contributed by atoms with Crippen molar-refractivity contribution in [3.63, 3.8) is 0 Å². The summed E-state index contributed by atoms with van der Waals surface area (Å²) in [4.78, 5) is 13.1. The van der Waals surface area contributed by atoms with Gasteiger partial charge in [0, 0.05) is 0 Å². The maximum atomic E-state index is 11.9. The van der Waals surface area contributed by atoms with Crippen LogP contribution in [0.3, 0.4) is 0 Å². The highest BCUT2D eigenvalue weighted by molar-refractivity contribution is 5.72. The summed E-state index contributed by atoms with van der Waals surface area (Å²) in [6.07, 6.45) is 1.34. The van der Waals surface area contributed by atoms with Crippen LogP contribution >= 0.6 is 0 Å². The molecule has 2 N–H and O–H groups in total. The van der Waals surface area contributed by atoms with E-state index in [1.54, 1.807) is 0 Å². The minimum Gasteiger partial charge on any atom is -0.490 e. The van der Waals surface area contributed by atoms with Gasteiger partial charge in [0.25, 0.3) is 0 Å². The van der Waals surface area contributed by atoms with Crippen LogP contribution in [0.2, 0.25) is 0 Å². The van der Waals surface area contributed by atoms with E-state index in [1.807, 2.05) is 38.1 Å². The van der Waals surface area contributed by atoms with E-state index in [1.165, 1.54) is 4.90 Å². The van der Waals surface area contributed by atoms with E-state index in [4.69, 9.17) is 9.47 Å². The second kappa shape index (κ2) is 8.89. The smallest absolute Gasteiger partial charge is 0.314 e. The molecule has 1 aliphatic heterocycles. The van der Waals surface area contributed by atoms with Gasteiger partial charge in [0.2, 0.25) is 0 Å². The topological polar surface area (TPSA) is 60.2 Å². The molecule has 1 aliphatic rings. The summed E-state index contributed by atoms with van der Waals surface area (Å²) >= 11 is 0. The molecule has 0 aliphatic carbocycles. The Morgan fingerprint density at radius 3 is 2.96 bits per heavy atom. The minimum absolute atomic E-state index is 0.0387. The normalized spacial score (nSPS) is 22.4. The van der Waals surface area contributed by atoms with Crippen LogP contribution in [-0.2, 0) is 9.53 Å². The van der Waals surface area contributed by atoms with Crippen LogP contribution in [0.1, 0.15) is 25.3 Å². The molecular formula is C18H28NO4+. The lowest BCUT2D eigenvalue weighted by molar-refractivity contribution is -0.910. The maximum absolute atomic E-state index is 11.9. The molecular weight excluding hydrogens is 294 g/mol. The van der Waals surface area contributed by atoms with Crippen LogP contribution in [0.4, 0.5) is 0 Å². The van der Waals surface area contributed by atoms with Gasteiger partial charge in [0.1, 0.15) is 30.9 Å². The number of rotatable bonds is 7. The zero-order valence-corrected chi connectivity index (χ0v) is 14.1. The molecule has 128 valence electrons. The molecule has 0 spiro atoms. The predicted octanol–water partition coefficient (Wildman–Crippen LogP) is 0.593. The third-order valence-electron chi connectivity index (χ3n) is 4.29. The molecule has 5 heteroatoms. The molecule has 1 unspecified atom stereocenters. The van der Waals surface area contributed by atoms with E-state index >= 15 is 0 Å². The second-order valence-corrected chi connectivity index (χ2v) is 6.23. The van der Waals surface area contributed by atoms with Crippen molar-refractivity contribution in [2.45, 2.75) is 32.8 Å². The fourth-order valence-electron chi connectivity index (χ4n) is 3.09. The molecule has 1 saturated heterocycles. The zero-order chi connectivity index (χ0) is 16.7. The van der Waals surface area contributed by atoms with Gasteiger partial charge in [0.15, 0.2) is 0 Å². The van der Waals surface area contributed by atoms with Crippen molar-refractivity contribution in [3.8, 4) is 5.75 Å². The van der Waals surface area contributed by atoms with Gasteiger partial charge < -0.3 is 19.5 Å². The van der Waals surface area contributed by atoms with Crippen molar-refractivity contribution < 1.29 is 24.3 Å². The average Bonchev–Trinajstić information content (AvgIpc) is 2.54. The Morgan fingerprint density at radius 2 is 2.22 bits per heavy atom. The number of hydrogen-bond donors (Lipinski definition) is 2. The highest BCUT2D eigenvalue weighted by Gasteiger charge is 2.30. The summed E-state index contributed by atoms with van der Waals surface area (Å²) in [5.41, 5.74) is 1.06. The lowest BCUT2D eigenvalue weighted by Gasteiger charge is -2.30. The highest BCUT2D eigenvalue weighted by atomic mass is 16.5. The first-order valence-electron chi connectivity index (χ1n) is 8.46. The number of benzene rings is 1. The molecule has 1 heterocycles. The van der Waals surface area contributed by atoms with E-state index in [-0.39, 0.29) is 18.5 Å². The van der Waals surface area contributed by atoms with Crippen LogP contribution in [-0.4, -0.2) is 50.0 Å². The van der Waals surface area contributed by atoms with Crippen molar-refractivity contribution in [2.24, 2.45) is 5.92 Å². The number of carbonyl (C=O) groups excluding carboxylic acids is 1. The molecule has 2 rings (SSSR count). The summed E-state index contributed by atoms with van der Waals surface area (Å²) in [5, 5.41) is 10.2. The Morgan fingerprint density at radius 1 is 1.43 bits per heavy atom. The van der Waals surface area contributed by atoms with Gasteiger partial charge in [-0.3, -0.25) is 4.79 Å². The number of aryl methyl sites for hydroxylation is 1. The molecule has 1 aromatic rings. The third-order valence-corrected chi connectivity index (χ3v) is 4.29. The molecule has 0 radical (unpaired) electrons. The number of quaternary nitrogens is 1. The van der Waals surface area contributed by atoms with E-state index in [2.05, 4.69) is 0 Å². The van der Waals surface area contributed by atoms with Crippen molar-refractivity contribution >= 4 is 5.97 Å². The quantitative estimate of drug-likeness (QED) is 0.722. The number of para-hydroxylation sites is 1. The average molecular weight is 322 g/mol. The molecule has 5 nitrogen and oxygen atoms in total. The van der Waals surface area contributed by atoms with Crippen molar-refractivity contribution in [1.29, 1.82) is 0 Å². The number of ether oxygens (including phenoxy) is 2. The fraction of sp³-hybridized carbons (Fsp3) is 0.611. The van der Waals surface area contributed by atoms with E-state index < -0.39 is 6.10 Å². The van der Waals surface area contributed by atoms with E-state index in [0.717, 1.165) is 37.2 Å². The van der Waals surface area contributed by atoms with Crippen LogP contribution in [0, 0.1) is 12.8 Å². The molecule has 0 aromatic heterocycles. The Bertz CT molecular complexity index is 506. The van der Waals surface area contributed by atoms with Gasteiger partial charge in [-0.2, -0.15) is 0 Å². The van der Waals surface area contributed by atoms with Gasteiger partial charge in [-0.1, -0.05) is 18.2 Å². The van der Waals surface area contributed by atoms with Gasteiger partial charge >= 0.3 is 5.97 Å². The number of hydrogen-bond acceptors (Lipinski definition) is 4. The van der Waals surface area contributed by atoms with Crippen molar-refractivity contribution in [1.82, 2.24) is 0 Å². The molecule has 0 saturated carbocycles. The lowest BCUT2D eigenvalue weighted by atomic mass is 9.98. The first-order valence-corrected chi connectivity index (χ1v) is 8.46. The van der Waals surface area contributed by atoms with Gasteiger partial charge in [-0.25, -0.2) is 0 Å². The third kappa shape index (κ3) is 5.52. The maximum Gasteiger partial charge on any atom is 0.314 e. The fourth-order valence-corrected chi connectivity index (χ4v) is 3.09. The highest BCUT2D eigenvalue weighted by Crippen LogP contribution is 2.16. The Hall–Kier alpha value is -1.59. The summed E-state index contributed by atoms with van der Waals surface area (Å²) in [7, 11) is 0. The number of likely N-dealkylation sites (tertiary alicyclic amines) is 1. The summed E-state index contributed by atoms with van der Waals surface area (Å²) in [6, 6.07) is 7.79. The SMILES string of the molecule is CCOC(=O)[C@H]1CCC[NH+](C[C@H](O)COc2ccccc2C)C1. The van der Waals surface area contributed by atoms with Gasteiger partial charge in [-0.15, -0.1) is 0 Å². The monoisotopic (exact) mass is 322 g/mol. The lowest BCUT2D eigenvalue weighted by Crippen LogP contribution is -3.15. The predicted molar refractivity (Wildman–Crippen MR) is 87.6 cm³/mol. The first kappa shape index (κ1) is 17.8.